The molecule has 25 heavy (non-hydrogen) atoms. The van der Waals surface area contributed by atoms with Crippen molar-refractivity contribution < 1.29 is 22.1 Å². The standard InChI is InChI=1S/C15H17F3N4O2S/c1-8-2-3-22(8)13-11(12(19)23)9(15(16,17)18)4-10(20-13)21-5-14(6-21)7-25-24-14/h4,8H,2-3,5-7H2,1H3,(H2,19,23)/t8-/m0/s1. The van der Waals surface area contributed by atoms with E-state index in [2.05, 4.69) is 4.98 Å². The minimum absolute atomic E-state index is 0.0241. The van der Waals surface area contributed by atoms with Gasteiger partial charge in [-0.3, -0.25) is 4.79 Å². The third-order valence-electron chi connectivity index (χ3n) is 4.97. The lowest BCUT2D eigenvalue weighted by Crippen LogP contribution is -2.68. The van der Waals surface area contributed by atoms with Crippen LogP contribution < -0.4 is 15.5 Å². The SMILES string of the molecule is C[C@H]1CCN1c1nc(N2CC3(CSO3)C2)cc(C(F)(F)F)c1C(N)=O. The summed E-state index contributed by atoms with van der Waals surface area (Å²) in [6.07, 6.45) is -3.85. The first-order valence-corrected chi connectivity index (χ1v) is 8.85. The molecule has 4 heterocycles. The number of nitrogens with two attached hydrogens (primary N) is 1. The number of hydrogen-bond acceptors (Lipinski definition) is 6. The Labute approximate surface area is 146 Å². The van der Waals surface area contributed by atoms with Crippen LogP contribution in [0.2, 0.25) is 0 Å². The Balaban J connectivity index is 1.77. The highest BCUT2D eigenvalue weighted by molar-refractivity contribution is 7.95. The van der Waals surface area contributed by atoms with E-state index in [-0.39, 0.29) is 23.3 Å². The fourth-order valence-corrected chi connectivity index (χ4v) is 4.11. The Bertz CT molecular complexity index is 730. The summed E-state index contributed by atoms with van der Waals surface area (Å²) in [6, 6.07) is 0.947. The van der Waals surface area contributed by atoms with Gasteiger partial charge in [0.2, 0.25) is 0 Å². The fourth-order valence-electron chi connectivity index (χ4n) is 3.37. The van der Waals surface area contributed by atoms with Crippen LogP contribution in [-0.4, -0.2) is 47.9 Å². The molecule has 2 N–H and O–H groups in total. The van der Waals surface area contributed by atoms with Crippen LogP contribution in [0.5, 0.6) is 0 Å². The maximum Gasteiger partial charge on any atom is 0.417 e. The Morgan fingerprint density at radius 1 is 1.48 bits per heavy atom. The molecule has 0 saturated carbocycles. The molecule has 4 rings (SSSR count). The zero-order chi connectivity index (χ0) is 18.0. The monoisotopic (exact) mass is 374 g/mol. The number of carbonyl (C=O) groups excluding carboxylic acids is 1. The number of aromatic nitrogens is 1. The lowest BCUT2D eigenvalue weighted by molar-refractivity contribution is -0.137. The van der Waals surface area contributed by atoms with Crippen molar-refractivity contribution in [1.29, 1.82) is 0 Å². The summed E-state index contributed by atoms with van der Waals surface area (Å²) in [5, 5.41) is 0. The van der Waals surface area contributed by atoms with Crippen molar-refractivity contribution in [1.82, 2.24) is 4.98 Å². The fraction of sp³-hybridized carbons (Fsp3) is 0.600. The number of carbonyl (C=O) groups is 1. The first-order valence-electron chi connectivity index (χ1n) is 7.94. The van der Waals surface area contributed by atoms with E-state index in [1.807, 2.05) is 6.92 Å². The van der Waals surface area contributed by atoms with E-state index in [0.717, 1.165) is 18.2 Å². The molecule has 1 amide bonds. The highest BCUT2D eigenvalue weighted by Gasteiger charge is 2.52. The summed E-state index contributed by atoms with van der Waals surface area (Å²) in [5.41, 5.74) is 3.44. The van der Waals surface area contributed by atoms with Crippen LogP contribution >= 0.6 is 12.0 Å². The number of anilines is 2. The van der Waals surface area contributed by atoms with Crippen molar-refractivity contribution in [2.75, 3.05) is 35.2 Å². The van der Waals surface area contributed by atoms with Crippen LogP contribution in [0.3, 0.4) is 0 Å². The third kappa shape index (κ3) is 2.62. The van der Waals surface area contributed by atoms with Crippen molar-refractivity contribution >= 4 is 29.6 Å². The highest BCUT2D eigenvalue weighted by Crippen LogP contribution is 2.45. The zero-order valence-electron chi connectivity index (χ0n) is 13.5. The van der Waals surface area contributed by atoms with Crippen LogP contribution in [0.15, 0.2) is 6.07 Å². The first kappa shape index (κ1) is 16.8. The number of halogens is 3. The predicted octanol–water partition coefficient (Wildman–Crippen LogP) is 2.04. The molecular weight excluding hydrogens is 357 g/mol. The molecule has 0 aliphatic carbocycles. The maximum atomic E-state index is 13.6. The molecule has 0 bridgehead atoms. The topological polar surface area (TPSA) is 71.7 Å². The van der Waals surface area contributed by atoms with Crippen molar-refractivity contribution in [2.24, 2.45) is 5.73 Å². The van der Waals surface area contributed by atoms with Crippen LogP contribution in [-0.2, 0) is 10.4 Å². The summed E-state index contributed by atoms with van der Waals surface area (Å²) in [5.74, 6) is -0.0527. The molecule has 0 aromatic carbocycles. The Morgan fingerprint density at radius 3 is 2.56 bits per heavy atom. The van der Waals surface area contributed by atoms with Gasteiger partial charge in [0.15, 0.2) is 0 Å². The van der Waals surface area contributed by atoms with Gasteiger partial charge in [-0.25, -0.2) is 4.98 Å². The van der Waals surface area contributed by atoms with Crippen LogP contribution in [0.4, 0.5) is 24.8 Å². The van der Waals surface area contributed by atoms with Gasteiger partial charge < -0.3 is 19.7 Å². The summed E-state index contributed by atoms with van der Waals surface area (Å²) in [4.78, 5) is 19.6. The third-order valence-corrected chi connectivity index (χ3v) is 6.09. The van der Waals surface area contributed by atoms with Crippen LogP contribution in [0.25, 0.3) is 0 Å². The number of amides is 1. The van der Waals surface area contributed by atoms with Gasteiger partial charge >= 0.3 is 6.18 Å². The number of nitrogens with zero attached hydrogens (tertiary/aromatic N) is 3. The Morgan fingerprint density at radius 2 is 2.16 bits per heavy atom. The molecule has 0 radical (unpaired) electrons. The average Bonchev–Trinajstić information content (AvgIpc) is 2.41. The lowest BCUT2D eigenvalue weighted by Gasteiger charge is -2.54. The van der Waals surface area contributed by atoms with Gasteiger partial charge in [-0.1, -0.05) is 0 Å². The Hall–Kier alpha value is -1.68. The average molecular weight is 374 g/mol. The predicted molar refractivity (Wildman–Crippen MR) is 87.7 cm³/mol. The zero-order valence-corrected chi connectivity index (χ0v) is 14.3. The largest absolute Gasteiger partial charge is 0.417 e. The lowest BCUT2D eigenvalue weighted by atomic mass is 9.95. The second-order valence-corrected chi connectivity index (χ2v) is 7.50. The summed E-state index contributed by atoms with van der Waals surface area (Å²) >= 11 is 1.36. The normalized spacial score (nSPS) is 24.6. The van der Waals surface area contributed by atoms with Gasteiger partial charge in [-0.05, 0) is 31.5 Å². The van der Waals surface area contributed by atoms with E-state index in [4.69, 9.17) is 9.92 Å². The summed E-state index contributed by atoms with van der Waals surface area (Å²) in [7, 11) is 0. The molecule has 3 fully saturated rings. The van der Waals surface area contributed by atoms with Gasteiger partial charge in [0.1, 0.15) is 17.2 Å². The molecule has 1 spiro atoms. The van der Waals surface area contributed by atoms with E-state index < -0.39 is 23.2 Å². The minimum atomic E-state index is -4.68. The van der Waals surface area contributed by atoms with E-state index in [1.165, 1.54) is 12.0 Å². The van der Waals surface area contributed by atoms with E-state index >= 15 is 0 Å². The number of pyridine rings is 1. The van der Waals surface area contributed by atoms with Gasteiger partial charge in [-0.2, -0.15) is 13.2 Å². The number of alkyl halides is 3. The van der Waals surface area contributed by atoms with Gasteiger partial charge in [0.25, 0.3) is 5.91 Å². The second-order valence-electron chi connectivity index (χ2n) is 6.80. The highest BCUT2D eigenvalue weighted by atomic mass is 32.2. The molecular formula is C15H17F3N4O2S. The Kier molecular flexibility index (Phi) is 3.63. The number of hydrogen-bond donors (Lipinski definition) is 1. The van der Waals surface area contributed by atoms with E-state index in [1.54, 1.807) is 9.80 Å². The van der Waals surface area contributed by atoms with Crippen LogP contribution in [0, 0.1) is 0 Å². The van der Waals surface area contributed by atoms with Gasteiger partial charge in [-0.15, -0.1) is 0 Å². The van der Waals surface area contributed by atoms with Crippen molar-refractivity contribution in [3.05, 3.63) is 17.2 Å². The quantitative estimate of drug-likeness (QED) is 0.817. The molecule has 3 aliphatic rings. The summed E-state index contributed by atoms with van der Waals surface area (Å²) < 4.78 is 46.1. The molecule has 1 atom stereocenters. The first-order chi connectivity index (χ1) is 11.7. The molecule has 1 aromatic heterocycles. The van der Waals surface area contributed by atoms with Gasteiger partial charge in [0, 0.05) is 12.6 Å². The van der Waals surface area contributed by atoms with E-state index in [0.29, 0.717) is 19.6 Å². The number of rotatable bonds is 3. The molecule has 0 unspecified atom stereocenters. The molecule has 10 heteroatoms. The molecule has 6 nitrogen and oxygen atoms in total. The minimum Gasteiger partial charge on any atom is -0.365 e. The summed E-state index contributed by atoms with van der Waals surface area (Å²) in [6.45, 7) is 3.43. The van der Waals surface area contributed by atoms with Crippen molar-refractivity contribution in [2.45, 2.75) is 31.2 Å². The molecule has 3 saturated heterocycles. The second kappa shape index (κ2) is 5.41. The molecule has 1 aromatic rings. The van der Waals surface area contributed by atoms with Crippen LogP contribution in [0.1, 0.15) is 29.3 Å². The van der Waals surface area contributed by atoms with E-state index in [9.17, 15) is 18.0 Å². The van der Waals surface area contributed by atoms with Crippen molar-refractivity contribution in [3.63, 3.8) is 0 Å². The smallest absolute Gasteiger partial charge is 0.365 e. The van der Waals surface area contributed by atoms with Crippen molar-refractivity contribution in [3.8, 4) is 0 Å². The number of primary amides is 1. The van der Waals surface area contributed by atoms with Gasteiger partial charge in [0.05, 0.1) is 30.0 Å². The molecule has 3 aliphatic heterocycles. The molecule has 136 valence electrons. The maximum absolute atomic E-state index is 13.6.